The van der Waals surface area contributed by atoms with Crippen molar-refractivity contribution in [2.45, 2.75) is 12.8 Å². The van der Waals surface area contributed by atoms with Crippen molar-refractivity contribution in [2.24, 2.45) is 5.92 Å². The molecule has 0 radical (unpaired) electrons. The highest BCUT2D eigenvalue weighted by atomic mass is 19.2. The summed E-state index contributed by atoms with van der Waals surface area (Å²) in [5.74, 6) is -1.30. The Morgan fingerprint density at radius 2 is 2.00 bits per heavy atom. The lowest BCUT2D eigenvalue weighted by Gasteiger charge is -2.22. The normalized spacial score (nSPS) is 17.4. The standard InChI is InChI=1S/C12H15F2NO/c13-10-2-1-3-11(12(10)14)16-8-9-4-6-15-7-5-9/h1-3,9,15H,4-8H2. The van der Waals surface area contributed by atoms with E-state index < -0.39 is 11.6 Å². The summed E-state index contributed by atoms with van der Waals surface area (Å²) in [6, 6.07) is 4.00. The molecule has 1 fully saturated rings. The van der Waals surface area contributed by atoms with Crippen LogP contribution in [-0.2, 0) is 0 Å². The van der Waals surface area contributed by atoms with Gasteiger partial charge in [-0.3, -0.25) is 0 Å². The Hall–Kier alpha value is -1.16. The molecular formula is C12H15F2NO. The number of hydrogen-bond acceptors (Lipinski definition) is 2. The lowest BCUT2D eigenvalue weighted by Crippen LogP contribution is -2.30. The van der Waals surface area contributed by atoms with E-state index in [4.69, 9.17) is 4.74 Å². The Labute approximate surface area is 93.6 Å². The molecule has 16 heavy (non-hydrogen) atoms. The zero-order valence-electron chi connectivity index (χ0n) is 9.01. The van der Waals surface area contributed by atoms with Crippen molar-refractivity contribution in [1.82, 2.24) is 5.32 Å². The van der Waals surface area contributed by atoms with Gasteiger partial charge in [-0.2, -0.15) is 4.39 Å². The second kappa shape index (κ2) is 5.25. The number of ether oxygens (including phenoxy) is 1. The fourth-order valence-corrected chi connectivity index (χ4v) is 1.85. The van der Waals surface area contributed by atoms with Crippen LogP contribution >= 0.6 is 0 Å². The van der Waals surface area contributed by atoms with Gasteiger partial charge in [-0.1, -0.05) is 6.07 Å². The summed E-state index contributed by atoms with van der Waals surface area (Å²) in [5.41, 5.74) is 0. The highest BCUT2D eigenvalue weighted by molar-refractivity contribution is 5.24. The van der Waals surface area contributed by atoms with Gasteiger partial charge in [0.25, 0.3) is 0 Å². The second-order valence-corrected chi connectivity index (χ2v) is 4.06. The Balaban J connectivity index is 1.91. The van der Waals surface area contributed by atoms with E-state index in [-0.39, 0.29) is 5.75 Å². The smallest absolute Gasteiger partial charge is 0.200 e. The van der Waals surface area contributed by atoms with E-state index in [1.165, 1.54) is 12.1 Å². The third-order valence-electron chi connectivity index (χ3n) is 2.85. The van der Waals surface area contributed by atoms with Crippen molar-refractivity contribution in [2.75, 3.05) is 19.7 Å². The molecule has 0 atom stereocenters. The quantitative estimate of drug-likeness (QED) is 0.855. The third kappa shape index (κ3) is 2.70. The lowest BCUT2D eigenvalue weighted by atomic mass is 9.99. The molecular weight excluding hydrogens is 212 g/mol. The average molecular weight is 227 g/mol. The van der Waals surface area contributed by atoms with Gasteiger partial charge in [0.15, 0.2) is 11.6 Å². The monoisotopic (exact) mass is 227 g/mol. The topological polar surface area (TPSA) is 21.3 Å². The molecule has 88 valence electrons. The van der Waals surface area contributed by atoms with Crippen molar-refractivity contribution >= 4 is 0 Å². The van der Waals surface area contributed by atoms with E-state index in [0.717, 1.165) is 32.0 Å². The van der Waals surface area contributed by atoms with Crippen molar-refractivity contribution < 1.29 is 13.5 Å². The van der Waals surface area contributed by atoms with E-state index in [0.29, 0.717) is 12.5 Å². The van der Waals surface area contributed by atoms with Crippen LogP contribution in [0.5, 0.6) is 5.75 Å². The molecule has 4 heteroatoms. The predicted octanol–water partition coefficient (Wildman–Crippen LogP) is 2.34. The second-order valence-electron chi connectivity index (χ2n) is 4.06. The van der Waals surface area contributed by atoms with Crippen LogP contribution < -0.4 is 10.1 Å². The molecule has 0 spiro atoms. The Morgan fingerprint density at radius 1 is 1.25 bits per heavy atom. The number of hydrogen-bond donors (Lipinski definition) is 1. The summed E-state index contributed by atoms with van der Waals surface area (Å²) in [5, 5.41) is 3.24. The minimum Gasteiger partial charge on any atom is -0.490 e. The van der Waals surface area contributed by atoms with Gasteiger partial charge >= 0.3 is 0 Å². The predicted molar refractivity (Wildman–Crippen MR) is 57.4 cm³/mol. The molecule has 1 aliphatic rings. The summed E-state index contributed by atoms with van der Waals surface area (Å²) in [7, 11) is 0. The van der Waals surface area contributed by atoms with Crippen LogP contribution in [0.2, 0.25) is 0 Å². The molecule has 0 amide bonds. The molecule has 0 aliphatic carbocycles. The maximum absolute atomic E-state index is 13.2. The maximum Gasteiger partial charge on any atom is 0.200 e. The van der Waals surface area contributed by atoms with Gasteiger partial charge in [-0.05, 0) is 44.0 Å². The van der Waals surface area contributed by atoms with Crippen molar-refractivity contribution in [3.8, 4) is 5.75 Å². The van der Waals surface area contributed by atoms with Crippen LogP contribution in [0.1, 0.15) is 12.8 Å². The van der Waals surface area contributed by atoms with Gasteiger partial charge in [0, 0.05) is 0 Å². The summed E-state index contributed by atoms with van der Waals surface area (Å²) in [6.07, 6.45) is 2.05. The lowest BCUT2D eigenvalue weighted by molar-refractivity contribution is 0.206. The molecule has 0 aromatic heterocycles. The molecule has 1 aliphatic heterocycles. The van der Waals surface area contributed by atoms with Gasteiger partial charge in [-0.25, -0.2) is 4.39 Å². The maximum atomic E-state index is 13.2. The molecule has 2 rings (SSSR count). The molecule has 1 N–H and O–H groups in total. The van der Waals surface area contributed by atoms with Crippen LogP contribution in [0.3, 0.4) is 0 Å². The molecule has 0 bridgehead atoms. The Morgan fingerprint density at radius 3 is 2.75 bits per heavy atom. The highest BCUT2D eigenvalue weighted by Crippen LogP contribution is 2.21. The summed E-state index contributed by atoms with van der Waals surface area (Å²) in [6.45, 7) is 2.40. The summed E-state index contributed by atoms with van der Waals surface area (Å²) >= 11 is 0. The Bertz CT molecular complexity index is 351. The number of rotatable bonds is 3. The first-order valence-electron chi connectivity index (χ1n) is 5.55. The Kier molecular flexibility index (Phi) is 3.72. The fraction of sp³-hybridized carbons (Fsp3) is 0.500. The minimum atomic E-state index is -0.892. The van der Waals surface area contributed by atoms with Crippen LogP contribution in [0.15, 0.2) is 18.2 Å². The van der Waals surface area contributed by atoms with Crippen molar-refractivity contribution in [1.29, 1.82) is 0 Å². The van der Waals surface area contributed by atoms with Crippen LogP contribution in [0, 0.1) is 17.6 Å². The average Bonchev–Trinajstić information content (AvgIpc) is 2.32. The van der Waals surface area contributed by atoms with E-state index in [9.17, 15) is 8.78 Å². The number of nitrogens with one attached hydrogen (secondary N) is 1. The van der Waals surface area contributed by atoms with Crippen LogP contribution in [0.25, 0.3) is 0 Å². The number of piperidine rings is 1. The third-order valence-corrected chi connectivity index (χ3v) is 2.85. The first kappa shape index (κ1) is 11.3. The molecule has 0 saturated carbocycles. The van der Waals surface area contributed by atoms with E-state index in [1.54, 1.807) is 0 Å². The van der Waals surface area contributed by atoms with Crippen molar-refractivity contribution in [3.05, 3.63) is 29.8 Å². The molecule has 0 unspecified atom stereocenters. The SMILES string of the molecule is Fc1cccc(OCC2CCNCC2)c1F. The molecule has 1 aromatic carbocycles. The number of halogens is 2. The van der Waals surface area contributed by atoms with Gasteiger partial charge in [0.2, 0.25) is 5.82 Å². The summed E-state index contributed by atoms with van der Waals surface area (Å²) < 4.78 is 31.4. The van der Waals surface area contributed by atoms with Crippen molar-refractivity contribution in [3.63, 3.8) is 0 Å². The van der Waals surface area contributed by atoms with Gasteiger partial charge in [0.05, 0.1) is 6.61 Å². The zero-order valence-corrected chi connectivity index (χ0v) is 9.01. The highest BCUT2D eigenvalue weighted by Gasteiger charge is 2.15. The zero-order chi connectivity index (χ0) is 11.4. The molecule has 1 aromatic rings. The van der Waals surface area contributed by atoms with E-state index in [2.05, 4.69) is 5.32 Å². The molecule has 1 heterocycles. The van der Waals surface area contributed by atoms with Gasteiger partial charge in [-0.15, -0.1) is 0 Å². The molecule has 1 saturated heterocycles. The first-order chi connectivity index (χ1) is 7.77. The van der Waals surface area contributed by atoms with E-state index >= 15 is 0 Å². The molecule has 2 nitrogen and oxygen atoms in total. The van der Waals surface area contributed by atoms with E-state index in [1.807, 2.05) is 0 Å². The number of benzene rings is 1. The fourth-order valence-electron chi connectivity index (χ4n) is 1.85. The van der Waals surface area contributed by atoms with Crippen LogP contribution in [0.4, 0.5) is 8.78 Å². The van der Waals surface area contributed by atoms with Gasteiger partial charge < -0.3 is 10.1 Å². The van der Waals surface area contributed by atoms with Crippen LogP contribution in [-0.4, -0.2) is 19.7 Å². The van der Waals surface area contributed by atoms with Gasteiger partial charge in [0.1, 0.15) is 0 Å². The summed E-state index contributed by atoms with van der Waals surface area (Å²) in [4.78, 5) is 0. The minimum absolute atomic E-state index is 0.0125. The first-order valence-corrected chi connectivity index (χ1v) is 5.55. The largest absolute Gasteiger partial charge is 0.490 e.